The molecule has 172 valence electrons. The van der Waals surface area contributed by atoms with Crippen LogP contribution in [0.15, 0.2) is 70.4 Å². The van der Waals surface area contributed by atoms with E-state index >= 15 is 0 Å². The second-order valence-electron chi connectivity index (χ2n) is 8.22. The van der Waals surface area contributed by atoms with E-state index in [0.717, 1.165) is 45.7 Å². The van der Waals surface area contributed by atoms with Crippen molar-refractivity contribution in [3.05, 3.63) is 71.4 Å². The summed E-state index contributed by atoms with van der Waals surface area (Å²) in [6.45, 7) is 5.28. The number of ether oxygens (including phenoxy) is 1. The number of carbonyl (C=O) groups excluding carboxylic acids is 1. The lowest BCUT2D eigenvalue weighted by atomic mass is 10.1. The Kier molecular flexibility index (Phi) is 6.06. The standard InChI is InChI=1S/C26H25N5O2S/c1-3-7-23-29-31-24(27)21(25(32)28-26(31)34-23)15-18-16-30(22-11-5-4-10-20(18)22)12-13-33-19-9-6-8-17(2)14-19/h4-6,8-11,14-16,27H,3,7,12-13H2,1-2H3/b21-15-,27-24?. The van der Waals surface area contributed by atoms with Gasteiger partial charge in [0.25, 0.3) is 5.91 Å². The van der Waals surface area contributed by atoms with Crippen LogP contribution in [-0.2, 0) is 11.3 Å². The van der Waals surface area contributed by atoms with E-state index in [1.54, 1.807) is 6.08 Å². The van der Waals surface area contributed by atoms with Gasteiger partial charge >= 0.3 is 0 Å². The van der Waals surface area contributed by atoms with E-state index in [0.29, 0.717) is 18.3 Å². The summed E-state index contributed by atoms with van der Waals surface area (Å²) in [5.74, 6) is 0.504. The van der Waals surface area contributed by atoms with Crippen molar-refractivity contribution in [2.75, 3.05) is 6.61 Å². The number of amides is 1. The quantitative estimate of drug-likeness (QED) is 0.465. The van der Waals surface area contributed by atoms with E-state index < -0.39 is 5.91 Å². The van der Waals surface area contributed by atoms with Gasteiger partial charge in [-0.05, 0) is 61.4 Å². The second-order valence-corrected chi connectivity index (χ2v) is 9.26. The summed E-state index contributed by atoms with van der Waals surface area (Å²) in [6, 6.07) is 16.0. The first-order valence-electron chi connectivity index (χ1n) is 11.3. The molecular weight excluding hydrogens is 446 g/mol. The first-order chi connectivity index (χ1) is 16.5. The van der Waals surface area contributed by atoms with Gasteiger partial charge in [0.15, 0.2) is 5.84 Å². The summed E-state index contributed by atoms with van der Waals surface area (Å²) in [7, 11) is 0. The average molecular weight is 472 g/mol. The highest BCUT2D eigenvalue weighted by atomic mass is 32.2. The van der Waals surface area contributed by atoms with E-state index in [1.165, 1.54) is 16.8 Å². The van der Waals surface area contributed by atoms with Crippen LogP contribution in [0.4, 0.5) is 0 Å². The highest BCUT2D eigenvalue weighted by Gasteiger charge is 2.35. The van der Waals surface area contributed by atoms with Crippen molar-refractivity contribution < 1.29 is 9.53 Å². The van der Waals surface area contributed by atoms with E-state index in [4.69, 9.17) is 10.1 Å². The topological polar surface area (TPSA) is 83.0 Å². The number of hydrogen-bond donors (Lipinski definition) is 1. The molecule has 0 fully saturated rings. The number of fused-ring (bicyclic) bond motifs is 2. The number of para-hydroxylation sites is 1. The molecule has 7 nitrogen and oxygen atoms in total. The van der Waals surface area contributed by atoms with Crippen LogP contribution in [0.3, 0.4) is 0 Å². The molecule has 34 heavy (non-hydrogen) atoms. The first kappa shape index (κ1) is 22.2. The molecule has 0 atom stereocenters. The van der Waals surface area contributed by atoms with Gasteiger partial charge < -0.3 is 9.30 Å². The molecule has 5 rings (SSSR count). The molecular formula is C26H25N5O2S. The van der Waals surface area contributed by atoms with Gasteiger partial charge in [0.05, 0.1) is 12.1 Å². The van der Waals surface area contributed by atoms with Crippen LogP contribution in [0.1, 0.15) is 30.9 Å². The predicted octanol–water partition coefficient (Wildman–Crippen LogP) is 5.45. The number of rotatable bonds is 7. The molecule has 0 unspecified atom stereocenters. The Morgan fingerprint density at radius 1 is 1.18 bits per heavy atom. The molecule has 1 amide bonds. The molecule has 2 aliphatic heterocycles. The van der Waals surface area contributed by atoms with E-state index in [1.807, 2.05) is 61.7 Å². The third-order valence-electron chi connectivity index (χ3n) is 5.67. The maximum absolute atomic E-state index is 12.8. The van der Waals surface area contributed by atoms with Crippen molar-refractivity contribution in [1.29, 1.82) is 5.41 Å². The molecule has 0 spiro atoms. The van der Waals surface area contributed by atoms with Crippen molar-refractivity contribution in [2.45, 2.75) is 33.2 Å². The van der Waals surface area contributed by atoms with Gasteiger partial charge in [-0.1, -0.05) is 37.3 Å². The van der Waals surface area contributed by atoms with Crippen LogP contribution < -0.4 is 4.74 Å². The SMILES string of the molecule is CCCC1=NN2C(=N)/C(=C/c3cn(CCOc4cccc(C)c4)c4ccccc34)C(=O)N=C2S1. The molecule has 0 aliphatic carbocycles. The van der Waals surface area contributed by atoms with Gasteiger partial charge in [0.1, 0.15) is 17.4 Å². The zero-order chi connectivity index (χ0) is 23.7. The largest absolute Gasteiger partial charge is 0.492 e. The molecule has 0 saturated heterocycles. The van der Waals surface area contributed by atoms with Crippen molar-refractivity contribution in [3.8, 4) is 5.75 Å². The number of nitrogens with zero attached hydrogens (tertiary/aromatic N) is 4. The second kappa shape index (κ2) is 9.30. The van der Waals surface area contributed by atoms with Crippen molar-refractivity contribution in [3.63, 3.8) is 0 Å². The third kappa shape index (κ3) is 4.28. The maximum atomic E-state index is 12.8. The van der Waals surface area contributed by atoms with Crippen molar-refractivity contribution in [2.24, 2.45) is 10.1 Å². The first-order valence-corrected chi connectivity index (χ1v) is 12.1. The van der Waals surface area contributed by atoms with Crippen LogP contribution in [0, 0.1) is 12.3 Å². The fourth-order valence-corrected chi connectivity index (χ4v) is 5.03. The number of amidine groups is 2. The van der Waals surface area contributed by atoms with Crippen LogP contribution in [0.25, 0.3) is 17.0 Å². The van der Waals surface area contributed by atoms with Crippen LogP contribution in [0.5, 0.6) is 5.75 Å². The average Bonchev–Trinajstić information content (AvgIpc) is 3.38. The zero-order valence-electron chi connectivity index (χ0n) is 19.1. The molecule has 1 N–H and O–H groups in total. The number of hydrogen-bond acceptors (Lipinski definition) is 5. The zero-order valence-corrected chi connectivity index (χ0v) is 19.9. The van der Waals surface area contributed by atoms with E-state index in [-0.39, 0.29) is 11.4 Å². The van der Waals surface area contributed by atoms with Crippen LogP contribution in [-0.4, -0.2) is 38.1 Å². The summed E-state index contributed by atoms with van der Waals surface area (Å²) in [6.07, 6.45) is 5.51. The van der Waals surface area contributed by atoms with Gasteiger partial charge in [-0.3, -0.25) is 10.2 Å². The normalized spacial score (nSPS) is 16.8. The van der Waals surface area contributed by atoms with Gasteiger partial charge in [0, 0.05) is 22.7 Å². The smallest absolute Gasteiger partial charge is 0.283 e. The summed E-state index contributed by atoms with van der Waals surface area (Å²) in [5, 5.41) is 16.9. The van der Waals surface area contributed by atoms with E-state index in [2.05, 4.69) is 21.6 Å². The Bertz CT molecular complexity index is 1380. The molecule has 1 aromatic heterocycles. The third-order valence-corrected chi connectivity index (χ3v) is 6.64. The minimum atomic E-state index is -0.406. The van der Waals surface area contributed by atoms with Crippen molar-refractivity contribution in [1.82, 2.24) is 9.58 Å². The molecule has 2 aliphatic rings. The number of thioether (sulfide) groups is 1. The van der Waals surface area contributed by atoms with Crippen LogP contribution >= 0.6 is 11.8 Å². The molecule has 3 heterocycles. The summed E-state index contributed by atoms with van der Waals surface area (Å²) in [4.78, 5) is 17.0. The Labute approximate surface area is 202 Å². The summed E-state index contributed by atoms with van der Waals surface area (Å²) >= 11 is 1.37. The lowest BCUT2D eigenvalue weighted by Gasteiger charge is -2.20. The van der Waals surface area contributed by atoms with Crippen LogP contribution in [0.2, 0.25) is 0 Å². The lowest BCUT2D eigenvalue weighted by molar-refractivity contribution is -0.114. The molecule has 0 bridgehead atoms. The summed E-state index contributed by atoms with van der Waals surface area (Å²) < 4.78 is 8.06. The van der Waals surface area contributed by atoms with Crippen molar-refractivity contribution >= 4 is 50.7 Å². The van der Waals surface area contributed by atoms with Gasteiger partial charge in [0.2, 0.25) is 5.17 Å². The number of aromatic nitrogens is 1. The number of aryl methyl sites for hydroxylation is 1. The number of hydrazone groups is 1. The van der Waals surface area contributed by atoms with Gasteiger partial charge in [-0.25, -0.2) is 0 Å². The predicted molar refractivity (Wildman–Crippen MR) is 139 cm³/mol. The fraction of sp³-hybridized carbons (Fsp3) is 0.231. The van der Waals surface area contributed by atoms with Gasteiger partial charge in [-0.15, -0.1) is 0 Å². The number of carbonyl (C=O) groups is 1. The highest BCUT2D eigenvalue weighted by molar-refractivity contribution is 8.26. The molecule has 0 saturated carbocycles. The minimum Gasteiger partial charge on any atom is -0.492 e. The Morgan fingerprint density at radius 2 is 2.03 bits per heavy atom. The Balaban J connectivity index is 1.42. The Hall–Kier alpha value is -3.65. The molecule has 0 radical (unpaired) electrons. The monoisotopic (exact) mass is 471 g/mol. The molecule has 3 aromatic rings. The lowest BCUT2D eigenvalue weighted by Crippen LogP contribution is -2.35. The maximum Gasteiger partial charge on any atom is 0.283 e. The highest BCUT2D eigenvalue weighted by Crippen LogP contribution is 2.31. The number of aliphatic imine (C=N–C) groups is 1. The minimum absolute atomic E-state index is 0.0632. The summed E-state index contributed by atoms with van der Waals surface area (Å²) in [5.41, 5.74) is 3.30. The fourth-order valence-electron chi connectivity index (χ4n) is 4.04. The number of nitrogens with one attached hydrogen (secondary N) is 1. The Morgan fingerprint density at radius 3 is 2.85 bits per heavy atom. The number of benzene rings is 2. The molecule has 8 heteroatoms. The van der Waals surface area contributed by atoms with E-state index in [9.17, 15) is 4.79 Å². The molecule has 2 aromatic carbocycles. The van der Waals surface area contributed by atoms with Gasteiger partial charge in [-0.2, -0.15) is 15.1 Å².